The molecule has 0 aliphatic carbocycles. The van der Waals surface area contributed by atoms with Crippen molar-refractivity contribution in [3.05, 3.63) is 41.4 Å². The molecule has 0 aromatic heterocycles. The summed E-state index contributed by atoms with van der Waals surface area (Å²) in [6.45, 7) is 5.34. The molecule has 1 nitrogen and oxygen atoms in total. The molecule has 1 aromatic rings. The molecule has 1 atom stereocenters. The van der Waals surface area contributed by atoms with Gasteiger partial charge in [0.2, 0.25) is 0 Å². The molecule has 0 fully saturated rings. The SMILES string of the molecule is C=CC(C)c1cccc(OC(F)(F)F)c1Cl. The highest BCUT2D eigenvalue weighted by Gasteiger charge is 2.32. The molecule has 0 bridgehead atoms. The molecule has 0 N–H and O–H groups in total. The fourth-order valence-electron chi connectivity index (χ4n) is 1.21. The van der Waals surface area contributed by atoms with Crippen LogP contribution >= 0.6 is 11.6 Å². The Balaban J connectivity index is 3.09. The predicted molar refractivity (Wildman–Crippen MR) is 56.7 cm³/mol. The minimum atomic E-state index is -4.74. The number of benzene rings is 1. The van der Waals surface area contributed by atoms with Crippen LogP contribution in [0.3, 0.4) is 0 Å². The molecule has 0 saturated carbocycles. The summed E-state index contributed by atoms with van der Waals surface area (Å²) in [4.78, 5) is 0. The summed E-state index contributed by atoms with van der Waals surface area (Å²) in [5, 5.41) is -0.0350. The molecular weight excluding hydrogens is 241 g/mol. The second kappa shape index (κ2) is 4.78. The lowest BCUT2D eigenvalue weighted by Crippen LogP contribution is -2.17. The lowest BCUT2D eigenvalue weighted by molar-refractivity contribution is -0.274. The molecule has 0 heterocycles. The second-order valence-corrected chi connectivity index (χ2v) is 3.61. The van der Waals surface area contributed by atoms with Crippen LogP contribution in [0, 0.1) is 0 Å². The molecule has 1 unspecified atom stereocenters. The van der Waals surface area contributed by atoms with E-state index >= 15 is 0 Å². The van der Waals surface area contributed by atoms with E-state index in [-0.39, 0.29) is 16.7 Å². The van der Waals surface area contributed by atoms with Gasteiger partial charge in [-0.1, -0.05) is 36.7 Å². The third kappa shape index (κ3) is 3.17. The summed E-state index contributed by atoms with van der Waals surface area (Å²) in [6, 6.07) is 4.27. The Morgan fingerprint density at radius 1 is 1.44 bits per heavy atom. The number of allylic oxidation sites excluding steroid dienone is 1. The van der Waals surface area contributed by atoms with Crippen LogP contribution in [0.1, 0.15) is 18.4 Å². The quantitative estimate of drug-likeness (QED) is 0.716. The summed E-state index contributed by atoms with van der Waals surface area (Å²) in [5.41, 5.74) is 0.554. The van der Waals surface area contributed by atoms with Crippen molar-refractivity contribution in [1.29, 1.82) is 0 Å². The van der Waals surface area contributed by atoms with Crippen LogP contribution in [0.15, 0.2) is 30.9 Å². The van der Waals surface area contributed by atoms with E-state index in [1.807, 2.05) is 0 Å². The normalized spacial score (nSPS) is 13.3. The Morgan fingerprint density at radius 2 is 2.06 bits per heavy atom. The van der Waals surface area contributed by atoms with Gasteiger partial charge in [0.15, 0.2) is 0 Å². The van der Waals surface area contributed by atoms with Crippen LogP contribution in [0.2, 0.25) is 5.02 Å². The number of hydrogen-bond acceptors (Lipinski definition) is 1. The highest BCUT2D eigenvalue weighted by atomic mass is 35.5. The Kier molecular flexibility index (Phi) is 3.86. The van der Waals surface area contributed by atoms with Crippen LogP contribution in [-0.4, -0.2) is 6.36 Å². The van der Waals surface area contributed by atoms with Crippen LogP contribution < -0.4 is 4.74 Å². The average molecular weight is 251 g/mol. The Bertz CT molecular complexity index is 387. The van der Waals surface area contributed by atoms with Crippen molar-refractivity contribution >= 4 is 11.6 Å². The van der Waals surface area contributed by atoms with E-state index in [1.54, 1.807) is 19.1 Å². The molecule has 0 saturated heterocycles. The van der Waals surface area contributed by atoms with E-state index in [9.17, 15) is 13.2 Å². The van der Waals surface area contributed by atoms with Crippen molar-refractivity contribution in [3.8, 4) is 5.75 Å². The molecule has 0 amide bonds. The Morgan fingerprint density at radius 3 is 2.56 bits per heavy atom. The van der Waals surface area contributed by atoms with E-state index in [1.165, 1.54) is 12.1 Å². The van der Waals surface area contributed by atoms with Gasteiger partial charge >= 0.3 is 6.36 Å². The van der Waals surface area contributed by atoms with E-state index in [2.05, 4.69) is 11.3 Å². The van der Waals surface area contributed by atoms with Crippen molar-refractivity contribution in [2.45, 2.75) is 19.2 Å². The second-order valence-electron chi connectivity index (χ2n) is 3.23. The summed E-state index contributed by atoms with van der Waals surface area (Å²) < 4.78 is 39.9. The van der Waals surface area contributed by atoms with Crippen molar-refractivity contribution < 1.29 is 17.9 Å². The standard InChI is InChI=1S/C11H10ClF3O/c1-3-7(2)8-5-4-6-9(10(8)12)16-11(13,14)15/h3-7H,1H2,2H3. The van der Waals surface area contributed by atoms with Gasteiger partial charge in [-0.25, -0.2) is 0 Å². The number of hydrogen-bond donors (Lipinski definition) is 0. The molecular formula is C11H10ClF3O. The van der Waals surface area contributed by atoms with Gasteiger partial charge in [0, 0.05) is 5.92 Å². The minimum Gasteiger partial charge on any atom is -0.404 e. The van der Waals surface area contributed by atoms with Crippen molar-refractivity contribution in [3.63, 3.8) is 0 Å². The summed E-state index contributed by atoms with van der Waals surface area (Å²) in [5.74, 6) is -0.523. The lowest BCUT2D eigenvalue weighted by atomic mass is 10.0. The predicted octanol–water partition coefficient (Wildman–Crippen LogP) is 4.53. The molecule has 1 aromatic carbocycles. The maximum absolute atomic E-state index is 12.0. The number of rotatable bonds is 3. The maximum atomic E-state index is 12.0. The van der Waals surface area contributed by atoms with Crippen LogP contribution in [0.5, 0.6) is 5.75 Å². The summed E-state index contributed by atoms with van der Waals surface area (Å²) in [6.07, 6.45) is -3.14. The molecule has 0 radical (unpaired) electrons. The number of ether oxygens (including phenoxy) is 1. The Labute approximate surface area is 96.5 Å². The van der Waals surface area contributed by atoms with Gasteiger partial charge in [0.05, 0.1) is 5.02 Å². The van der Waals surface area contributed by atoms with Crippen LogP contribution in [0.25, 0.3) is 0 Å². The molecule has 1 rings (SSSR count). The highest BCUT2D eigenvalue weighted by Crippen LogP contribution is 2.35. The maximum Gasteiger partial charge on any atom is 0.573 e. The van der Waals surface area contributed by atoms with Gasteiger partial charge in [-0.3, -0.25) is 0 Å². The van der Waals surface area contributed by atoms with Gasteiger partial charge < -0.3 is 4.74 Å². The lowest BCUT2D eigenvalue weighted by Gasteiger charge is -2.14. The molecule has 16 heavy (non-hydrogen) atoms. The molecule has 5 heteroatoms. The van der Waals surface area contributed by atoms with Crippen molar-refractivity contribution in [2.24, 2.45) is 0 Å². The van der Waals surface area contributed by atoms with Gasteiger partial charge in [0.1, 0.15) is 5.75 Å². The Hall–Kier alpha value is -1.16. The van der Waals surface area contributed by atoms with Crippen molar-refractivity contribution in [1.82, 2.24) is 0 Å². The summed E-state index contributed by atoms with van der Waals surface area (Å²) in [7, 11) is 0. The third-order valence-electron chi connectivity index (χ3n) is 2.06. The topological polar surface area (TPSA) is 9.23 Å². The zero-order valence-electron chi connectivity index (χ0n) is 8.51. The molecule has 0 aliphatic heterocycles. The van der Waals surface area contributed by atoms with Gasteiger partial charge in [-0.15, -0.1) is 19.8 Å². The minimum absolute atomic E-state index is 0.0350. The largest absolute Gasteiger partial charge is 0.573 e. The molecule has 88 valence electrons. The number of alkyl halides is 3. The average Bonchev–Trinajstić information content (AvgIpc) is 2.18. The zero-order valence-corrected chi connectivity index (χ0v) is 9.27. The van der Waals surface area contributed by atoms with Crippen molar-refractivity contribution in [2.75, 3.05) is 0 Å². The fourth-order valence-corrected chi connectivity index (χ4v) is 1.55. The monoisotopic (exact) mass is 250 g/mol. The van der Waals surface area contributed by atoms with Gasteiger partial charge in [0.25, 0.3) is 0 Å². The number of halogens is 4. The highest BCUT2D eigenvalue weighted by molar-refractivity contribution is 6.32. The van der Waals surface area contributed by atoms with E-state index in [4.69, 9.17) is 11.6 Å². The summed E-state index contributed by atoms with van der Waals surface area (Å²) >= 11 is 5.82. The first kappa shape index (κ1) is 12.9. The van der Waals surface area contributed by atoms with E-state index in [0.717, 1.165) is 0 Å². The molecule has 0 spiro atoms. The first-order valence-corrected chi connectivity index (χ1v) is 4.89. The smallest absolute Gasteiger partial charge is 0.404 e. The first-order valence-electron chi connectivity index (χ1n) is 4.52. The third-order valence-corrected chi connectivity index (χ3v) is 2.47. The van der Waals surface area contributed by atoms with Gasteiger partial charge in [-0.05, 0) is 11.6 Å². The fraction of sp³-hybridized carbons (Fsp3) is 0.273. The molecule has 0 aliphatic rings. The van der Waals surface area contributed by atoms with E-state index in [0.29, 0.717) is 5.56 Å². The van der Waals surface area contributed by atoms with Crippen LogP contribution in [0.4, 0.5) is 13.2 Å². The zero-order chi connectivity index (χ0) is 12.3. The van der Waals surface area contributed by atoms with E-state index < -0.39 is 6.36 Å². The first-order chi connectivity index (χ1) is 7.35. The van der Waals surface area contributed by atoms with Gasteiger partial charge in [-0.2, -0.15) is 0 Å². The van der Waals surface area contributed by atoms with Crippen LogP contribution in [-0.2, 0) is 0 Å².